The highest BCUT2D eigenvalue weighted by atomic mass is 19.1. The van der Waals surface area contributed by atoms with Crippen molar-refractivity contribution in [2.45, 2.75) is 26.6 Å². The van der Waals surface area contributed by atoms with E-state index in [1.54, 1.807) is 18.2 Å². The number of hydrogen-bond acceptors (Lipinski definition) is 4. The predicted molar refractivity (Wildman–Crippen MR) is 80.6 cm³/mol. The molecule has 120 valence electrons. The van der Waals surface area contributed by atoms with E-state index in [4.69, 9.17) is 9.47 Å². The largest absolute Gasteiger partial charge is 0.389 e. The Bertz CT molecular complexity index is 388. The molecule has 1 atom stereocenters. The summed E-state index contributed by atoms with van der Waals surface area (Å²) in [4.78, 5) is 0. The minimum absolute atomic E-state index is 0.168. The summed E-state index contributed by atoms with van der Waals surface area (Å²) < 4.78 is 24.0. The Hall–Kier alpha value is -1.01. The second-order valence-electron chi connectivity index (χ2n) is 5.43. The van der Waals surface area contributed by atoms with Crippen molar-refractivity contribution in [1.82, 2.24) is 5.32 Å². The van der Waals surface area contributed by atoms with E-state index in [9.17, 15) is 9.50 Å². The Morgan fingerprint density at radius 1 is 1.19 bits per heavy atom. The number of rotatable bonds is 11. The molecule has 0 saturated carbocycles. The van der Waals surface area contributed by atoms with Crippen LogP contribution in [-0.2, 0) is 16.1 Å². The summed E-state index contributed by atoms with van der Waals surface area (Å²) in [6.45, 7) is 7.04. The van der Waals surface area contributed by atoms with Gasteiger partial charge in [-0.1, -0.05) is 32.0 Å². The van der Waals surface area contributed by atoms with Crippen LogP contribution in [0.25, 0.3) is 0 Å². The standard InChI is InChI=1S/C16H26FNO3/c1-13(2)10-20-8-7-18-9-15(19)12-21-11-14-5-3-4-6-16(14)17/h3-6,13,15,18-19H,7-12H2,1-2H3. The zero-order valence-corrected chi connectivity index (χ0v) is 12.8. The van der Waals surface area contributed by atoms with Gasteiger partial charge in [0.05, 0.1) is 25.9 Å². The molecule has 1 aromatic rings. The summed E-state index contributed by atoms with van der Waals surface area (Å²) in [6.07, 6.45) is -0.609. The lowest BCUT2D eigenvalue weighted by Crippen LogP contribution is -2.32. The highest BCUT2D eigenvalue weighted by Gasteiger charge is 2.05. The molecule has 2 N–H and O–H groups in total. The van der Waals surface area contributed by atoms with Crippen LogP contribution in [0.4, 0.5) is 4.39 Å². The monoisotopic (exact) mass is 299 g/mol. The molecule has 0 heterocycles. The van der Waals surface area contributed by atoms with Gasteiger partial charge in [0.2, 0.25) is 0 Å². The molecule has 0 saturated heterocycles. The van der Waals surface area contributed by atoms with Gasteiger partial charge in [0.15, 0.2) is 0 Å². The van der Waals surface area contributed by atoms with Crippen LogP contribution in [0, 0.1) is 11.7 Å². The van der Waals surface area contributed by atoms with Crippen LogP contribution in [0.3, 0.4) is 0 Å². The summed E-state index contributed by atoms with van der Waals surface area (Å²) in [5.74, 6) is 0.245. The molecule has 1 rings (SSSR count). The van der Waals surface area contributed by atoms with E-state index >= 15 is 0 Å². The molecule has 0 aliphatic carbocycles. The number of ether oxygens (including phenoxy) is 2. The summed E-state index contributed by atoms with van der Waals surface area (Å²) in [6, 6.07) is 6.47. The molecular weight excluding hydrogens is 273 g/mol. The van der Waals surface area contributed by atoms with E-state index in [1.165, 1.54) is 6.07 Å². The normalized spacial score (nSPS) is 12.8. The van der Waals surface area contributed by atoms with Crippen LogP contribution in [0.2, 0.25) is 0 Å². The molecule has 0 amide bonds. The summed E-state index contributed by atoms with van der Waals surface area (Å²) >= 11 is 0. The van der Waals surface area contributed by atoms with Gasteiger partial charge in [-0.2, -0.15) is 0 Å². The van der Waals surface area contributed by atoms with Crippen LogP contribution < -0.4 is 5.32 Å². The van der Waals surface area contributed by atoms with E-state index in [-0.39, 0.29) is 19.0 Å². The number of benzene rings is 1. The van der Waals surface area contributed by atoms with E-state index < -0.39 is 6.10 Å². The molecule has 0 aliphatic rings. The Labute approximate surface area is 126 Å². The van der Waals surface area contributed by atoms with Crippen molar-refractivity contribution in [3.8, 4) is 0 Å². The van der Waals surface area contributed by atoms with Crippen molar-refractivity contribution in [2.75, 3.05) is 32.9 Å². The number of nitrogens with one attached hydrogen (secondary N) is 1. The molecule has 1 unspecified atom stereocenters. The van der Waals surface area contributed by atoms with Gasteiger partial charge in [-0.3, -0.25) is 0 Å². The maximum absolute atomic E-state index is 13.3. The van der Waals surface area contributed by atoms with Crippen LogP contribution in [0.5, 0.6) is 0 Å². The molecule has 0 spiro atoms. The van der Waals surface area contributed by atoms with Crippen LogP contribution >= 0.6 is 0 Å². The summed E-state index contributed by atoms with van der Waals surface area (Å²) in [5, 5.41) is 12.8. The third kappa shape index (κ3) is 8.78. The first-order chi connectivity index (χ1) is 10.1. The van der Waals surface area contributed by atoms with Gasteiger partial charge in [0.25, 0.3) is 0 Å². The van der Waals surface area contributed by atoms with Gasteiger partial charge < -0.3 is 19.9 Å². The number of halogens is 1. The molecule has 0 bridgehead atoms. The fourth-order valence-electron chi connectivity index (χ4n) is 1.71. The molecule has 21 heavy (non-hydrogen) atoms. The van der Waals surface area contributed by atoms with Gasteiger partial charge in [0, 0.05) is 25.3 Å². The first-order valence-corrected chi connectivity index (χ1v) is 7.37. The third-order valence-electron chi connectivity index (χ3n) is 2.78. The maximum Gasteiger partial charge on any atom is 0.128 e. The van der Waals surface area contributed by atoms with E-state index in [0.29, 0.717) is 31.2 Å². The lowest BCUT2D eigenvalue weighted by Gasteiger charge is -2.13. The second-order valence-corrected chi connectivity index (χ2v) is 5.43. The maximum atomic E-state index is 13.3. The van der Waals surface area contributed by atoms with Crippen molar-refractivity contribution in [3.05, 3.63) is 35.6 Å². The van der Waals surface area contributed by atoms with Crippen LogP contribution in [-0.4, -0.2) is 44.1 Å². The zero-order valence-electron chi connectivity index (χ0n) is 12.8. The number of aliphatic hydroxyl groups excluding tert-OH is 1. The SMILES string of the molecule is CC(C)COCCNCC(O)COCc1ccccc1F. The van der Waals surface area contributed by atoms with Gasteiger partial charge in [0.1, 0.15) is 5.82 Å². The molecule has 5 heteroatoms. The Kier molecular flexibility index (Phi) is 9.17. The van der Waals surface area contributed by atoms with E-state index in [2.05, 4.69) is 19.2 Å². The summed E-state index contributed by atoms with van der Waals surface area (Å²) in [7, 11) is 0. The second kappa shape index (κ2) is 10.7. The van der Waals surface area contributed by atoms with Crippen molar-refractivity contribution in [1.29, 1.82) is 0 Å². The number of hydrogen-bond donors (Lipinski definition) is 2. The third-order valence-corrected chi connectivity index (χ3v) is 2.78. The minimum atomic E-state index is -0.609. The Morgan fingerprint density at radius 2 is 1.95 bits per heavy atom. The lowest BCUT2D eigenvalue weighted by atomic mass is 10.2. The quantitative estimate of drug-likeness (QED) is 0.613. The molecule has 0 aromatic heterocycles. The highest BCUT2D eigenvalue weighted by molar-refractivity contribution is 5.16. The first-order valence-electron chi connectivity index (χ1n) is 7.37. The van der Waals surface area contributed by atoms with Gasteiger partial charge >= 0.3 is 0 Å². The summed E-state index contributed by atoms with van der Waals surface area (Å²) in [5.41, 5.74) is 0.500. The van der Waals surface area contributed by atoms with Crippen molar-refractivity contribution in [3.63, 3.8) is 0 Å². The van der Waals surface area contributed by atoms with E-state index in [0.717, 1.165) is 6.61 Å². The van der Waals surface area contributed by atoms with Gasteiger partial charge in [-0.15, -0.1) is 0 Å². The fourth-order valence-corrected chi connectivity index (χ4v) is 1.71. The van der Waals surface area contributed by atoms with Crippen molar-refractivity contribution < 1.29 is 19.0 Å². The van der Waals surface area contributed by atoms with Gasteiger partial charge in [-0.05, 0) is 12.0 Å². The Balaban J connectivity index is 2.01. The fraction of sp³-hybridized carbons (Fsp3) is 0.625. The van der Waals surface area contributed by atoms with E-state index in [1.807, 2.05) is 0 Å². The average molecular weight is 299 g/mol. The smallest absolute Gasteiger partial charge is 0.128 e. The van der Waals surface area contributed by atoms with Crippen molar-refractivity contribution in [2.24, 2.45) is 5.92 Å². The molecule has 4 nitrogen and oxygen atoms in total. The molecule has 0 aliphatic heterocycles. The lowest BCUT2D eigenvalue weighted by molar-refractivity contribution is 0.0265. The van der Waals surface area contributed by atoms with Gasteiger partial charge in [-0.25, -0.2) is 4.39 Å². The average Bonchev–Trinajstić information content (AvgIpc) is 2.44. The highest BCUT2D eigenvalue weighted by Crippen LogP contribution is 2.07. The first kappa shape index (κ1) is 18.0. The molecule has 0 radical (unpaired) electrons. The Morgan fingerprint density at radius 3 is 2.67 bits per heavy atom. The van der Waals surface area contributed by atoms with Crippen molar-refractivity contribution >= 4 is 0 Å². The van der Waals surface area contributed by atoms with Crippen LogP contribution in [0.1, 0.15) is 19.4 Å². The molecule has 1 aromatic carbocycles. The molecular formula is C16H26FNO3. The topological polar surface area (TPSA) is 50.7 Å². The molecule has 0 fully saturated rings. The number of aliphatic hydroxyl groups is 1. The van der Waals surface area contributed by atoms with Crippen LogP contribution in [0.15, 0.2) is 24.3 Å². The zero-order chi connectivity index (χ0) is 15.5. The predicted octanol–water partition coefficient (Wildman–Crippen LogP) is 1.97. The minimum Gasteiger partial charge on any atom is -0.389 e.